The topological polar surface area (TPSA) is 106 Å². The van der Waals surface area contributed by atoms with Crippen LogP contribution in [0.3, 0.4) is 0 Å². The van der Waals surface area contributed by atoms with Gasteiger partial charge < -0.3 is 16.3 Å². The van der Waals surface area contributed by atoms with Gasteiger partial charge in [-0.2, -0.15) is 5.10 Å². The Bertz CT molecular complexity index is 542. The molecule has 0 bridgehead atoms. The number of hydrogen-bond acceptors (Lipinski definition) is 4. The minimum absolute atomic E-state index is 0.0827. The summed E-state index contributed by atoms with van der Waals surface area (Å²) in [6, 6.07) is 0. The molecular formula is C14H23N5O2. The lowest BCUT2D eigenvalue weighted by molar-refractivity contribution is 0.0914. The van der Waals surface area contributed by atoms with Gasteiger partial charge in [0.25, 0.3) is 5.91 Å². The summed E-state index contributed by atoms with van der Waals surface area (Å²) in [6.07, 6.45) is 7.01. The monoisotopic (exact) mass is 293 g/mol. The number of amides is 1. The Morgan fingerprint density at radius 2 is 2.05 bits per heavy atom. The summed E-state index contributed by atoms with van der Waals surface area (Å²) in [5, 5.41) is 19.3. The van der Waals surface area contributed by atoms with Crippen molar-refractivity contribution in [3.05, 3.63) is 17.5 Å². The number of amidine groups is 1. The van der Waals surface area contributed by atoms with Crippen molar-refractivity contribution in [1.82, 2.24) is 15.1 Å². The fourth-order valence-corrected chi connectivity index (χ4v) is 2.88. The SMILES string of the molecule is Cc1c(C(=O)NC2(/C(N)=N/O)CCCCCC2)cnn1C. The van der Waals surface area contributed by atoms with Crippen LogP contribution in [0.2, 0.25) is 0 Å². The third kappa shape index (κ3) is 3.01. The number of carbonyl (C=O) groups excluding carboxylic acids is 1. The van der Waals surface area contributed by atoms with Crippen LogP contribution in [0.15, 0.2) is 11.4 Å². The standard InChI is InChI=1S/C14H23N5O2/c1-10-11(9-16-19(10)2)12(20)17-14(13(15)18-21)7-5-3-4-6-8-14/h9,21H,3-8H2,1-2H3,(H2,15,18)(H,17,20). The highest BCUT2D eigenvalue weighted by Crippen LogP contribution is 2.28. The molecule has 0 atom stereocenters. The van der Waals surface area contributed by atoms with E-state index < -0.39 is 5.54 Å². The van der Waals surface area contributed by atoms with E-state index in [0.29, 0.717) is 18.4 Å². The average molecular weight is 293 g/mol. The van der Waals surface area contributed by atoms with E-state index in [4.69, 9.17) is 10.9 Å². The molecule has 0 radical (unpaired) electrons. The normalized spacial score (nSPS) is 19.0. The van der Waals surface area contributed by atoms with Crippen molar-refractivity contribution in [2.75, 3.05) is 0 Å². The molecule has 7 nitrogen and oxygen atoms in total. The van der Waals surface area contributed by atoms with Gasteiger partial charge in [0.05, 0.1) is 11.8 Å². The fourth-order valence-electron chi connectivity index (χ4n) is 2.88. The molecule has 7 heteroatoms. The average Bonchev–Trinajstić information content (AvgIpc) is 2.69. The molecule has 1 heterocycles. The molecule has 1 fully saturated rings. The van der Waals surface area contributed by atoms with Crippen LogP contribution in [0.25, 0.3) is 0 Å². The molecule has 1 saturated carbocycles. The second-order valence-corrected chi connectivity index (χ2v) is 5.70. The smallest absolute Gasteiger partial charge is 0.255 e. The van der Waals surface area contributed by atoms with Crippen LogP contribution in [0.1, 0.15) is 54.6 Å². The number of nitrogens with two attached hydrogens (primary N) is 1. The van der Waals surface area contributed by atoms with Gasteiger partial charge in [0.15, 0.2) is 5.84 Å². The first-order chi connectivity index (χ1) is 10.00. The van der Waals surface area contributed by atoms with Gasteiger partial charge in [0, 0.05) is 12.7 Å². The van der Waals surface area contributed by atoms with Crippen molar-refractivity contribution in [1.29, 1.82) is 0 Å². The lowest BCUT2D eigenvalue weighted by atomic mass is 9.88. The first-order valence-electron chi connectivity index (χ1n) is 7.29. The largest absolute Gasteiger partial charge is 0.409 e. The molecule has 0 spiro atoms. The van der Waals surface area contributed by atoms with E-state index in [9.17, 15) is 4.79 Å². The molecule has 0 unspecified atom stereocenters. The number of rotatable bonds is 3. The quantitative estimate of drug-likeness (QED) is 0.257. The lowest BCUT2D eigenvalue weighted by Gasteiger charge is -2.32. The predicted octanol–water partition coefficient (Wildman–Crippen LogP) is 1.30. The zero-order valence-electron chi connectivity index (χ0n) is 12.6. The van der Waals surface area contributed by atoms with Crippen LogP contribution in [-0.2, 0) is 7.05 Å². The van der Waals surface area contributed by atoms with Crippen LogP contribution in [0.4, 0.5) is 0 Å². The maximum atomic E-state index is 12.5. The van der Waals surface area contributed by atoms with Gasteiger partial charge in [0.2, 0.25) is 0 Å². The maximum Gasteiger partial charge on any atom is 0.255 e. The highest BCUT2D eigenvalue weighted by atomic mass is 16.4. The van der Waals surface area contributed by atoms with E-state index in [-0.39, 0.29) is 11.7 Å². The summed E-state index contributed by atoms with van der Waals surface area (Å²) >= 11 is 0. The van der Waals surface area contributed by atoms with Gasteiger partial charge in [-0.1, -0.05) is 30.8 Å². The van der Waals surface area contributed by atoms with Crippen molar-refractivity contribution in [2.24, 2.45) is 17.9 Å². The summed E-state index contributed by atoms with van der Waals surface area (Å²) < 4.78 is 1.65. The molecule has 1 aromatic rings. The Kier molecular flexibility index (Phi) is 4.50. The van der Waals surface area contributed by atoms with E-state index in [1.54, 1.807) is 17.9 Å². The molecule has 1 aliphatic carbocycles. The minimum Gasteiger partial charge on any atom is -0.409 e. The number of hydrogen-bond donors (Lipinski definition) is 3. The molecule has 4 N–H and O–H groups in total. The zero-order chi connectivity index (χ0) is 15.5. The Balaban J connectivity index is 2.26. The van der Waals surface area contributed by atoms with Gasteiger partial charge >= 0.3 is 0 Å². The number of aryl methyl sites for hydroxylation is 1. The van der Waals surface area contributed by atoms with E-state index in [0.717, 1.165) is 31.4 Å². The van der Waals surface area contributed by atoms with Crippen LogP contribution in [-0.4, -0.2) is 32.3 Å². The zero-order valence-corrected chi connectivity index (χ0v) is 12.6. The third-order valence-corrected chi connectivity index (χ3v) is 4.39. The molecule has 21 heavy (non-hydrogen) atoms. The van der Waals surface area contributed by atoms with Gasteiger partial charge in [-0.25, -0.2) is 0 Å². The Labute approximate surface area is 124 Å². The highest BCUT2D eigenvalue weighted by Gasteiger charge is 2.37. The summed E-state index contributed by atoms with van der Waals surface area (Å²) in [7, 11) is 1.79. The minimum atomic E-state index is -0.759. The Morgan fingerprint density at radius 3 is 2.52 bits per heavy atom. The summed E-state index contributed by atoms with van der Waals surface area (Å²) in [5.74, 6) is -0.145. The van der Waals surface area contributed by atoms with Crippen molar-refractivity contribution in [2.45, 2.75) is 51.0 Å². The molecular weight excluding hydrogens is 270 g/mol. The summed E-state index contributed by atoms with van der Waals surface area (Å²) in [5.41, 5.74) is 6.43. The lowest BCUT2D eigenvalue weighted by Crippen LogP contribution is -2.57. The molecule has 1 aliphatic rings. The summed E-state index contributed by atoms with van der Waals surface area (Å²) in [6.45, 7) is 1.84. The number of nitrogens with one attached hydrogen (secondary N) is 1. The van der Waals surface area contributed by atoms with E-state index in [2.05, 4.69) is 15.6 Å². The third-order valence-electron chi connectivity index (χ3n) is 4.39. The van der Waals surface area contributed by atoms with E-state index in [1.807, 2.05) is 6.92 Å². The van der Waals surface area contributed by atoms with Crippen LogP contribution < -0.4 is 11.1 Å². The van der Waals surface area contributed by atoms with Crippen LogP contribution in [0.5, 0.6) is 0 Å². The predicted molar refractivity (Wildman–Crippen MR) is 79.3 cm³/mol. The molecule has 0 saturated heterocycles. The molecule has 1 amide bonds. The van der Waals surface area contributed by atoms with Gasteiger partial charge in [0.1, 0.15) is 5.54 Å². The van der Waals surface area contributed by atoms with Gasteiger partial charge in [-0.05, 0) is 19.8 Å². The number of nitrogens with zero attached hydrogens (tertiary/aromatic N) is 3. The van der Waals surface area contributed by atoms with Crippen LogP contribution >= 0.6 is 0 Å². The van der Waals surface area contributed by atoms with Crippen molar-refractivity contribution in [3.63, 3.8) is 0 Å². The van der Waals surface area contributed by atoms with Gasteiger partial charge in [-0.15, -0.1) is 0 Å². The van der Waals surface area contributed by atoms with Crippen LogP contribution in [0, 0.1) is 6.92 Å². The second-order valence-electron chi connectivity index (χ2n) is 5.70. The first kappa shape index (κ1) is 15.3. The molecule has 116 valence electrons. The second kappa shape index (κ2) is 6.15. The molecule has 0 aromatic carbocycles. The molecule has 1 aromatic heterocycles. The van der Waals surface area contributed by atoms with Crippen molar-refractivity contribution >= 4 is 11.7 Å². The molecule has 2 rings (SSSR count). The van der Waals surface area contributed by atoms with Crippen molar-refractivity contribution in [3.8, 4) is 0 Å². The maximum absolute atomic E-state index is 12.5. The summed E-state index contributed by atoms with van der Waals surface area (Å²) in [4.78, 5) is 12.5. The fraction of sp³-hybridized carbons (Fsp3) is 0.643. The van der Waals surface area contributed by atoms with E-state index >= 15 is 0 Å². The number of oxime groups is 1. The Hall–Kier alpha value is -2.05. The first-order valence-corrected chi connectivity index (χ1v) is 7.29. The Morgan fingerprint density at radius 1 is 1.43 bits per heavy atom. The van der Waals surface area contributed by atoms with Crippen molar-refractivity contribution < 1.29 is 10.0 Å². The number of carbonyl (C=O) groups is 1. The molecule has 0 aliphatic heterocycles. The number of aromatic nitrogens is 2. The van der Waals surface area contributed by atoms with Gasteiger partial charge in [-0.3, -0.25) is 9.48 Å². The highest BCUT2D eigenvalue weighted by molar-refractivity contribution is 6.00. The van der Waals surface area contributed by atoms with E-state index in [1.165, 1.54) is 0 Å².